The minimum absolute atomic E-state index is 0.0694. The molecule has 0 aliphatic carbocycles. The van der Waals surface area contributed by atoms with Crippen LogP contribution < -0.4 is 0 Å². The Balaban J connectivity index is 4.60. The zero-order chi connectivity index (χ0) is 9.02. The molecule has 0 aromatic rings. The summed E-state index contributed by atoms with van der Waals surface area (Å²) in [7, 11) is 0. The van der Waals surface area contributed by atoms with Crippen molar-refractivity contribution in [2.24, 2.45) is 5.92 Å². The van der Waals surface area contributed by atoms with Gasteiger partial charge in [0.1, 0.15) is 11.7 Å². The van der Waals surface area contributed by atoms with Crippen molar-refractivity contribution in [3.05, 3.63) is 36.5 Å². The maximum atomic E-state index is 12.5. The van der Waals surface area contributed by atoms with Crippen molar-refractivity contribution >= 4 is 0 Å². The predicted octanol–water partition coefficient (Wildman–Crippen LogP) is 3.54. The number of halogens is 2. The summed E-state index contributed by atoms with van der Waals surface area (Å²) in [4.78, 5) is 0. The van der Waals surface area contributed by atoms with E-state index in [0.29, 0.717) is 0 Å². The first-order valence-corrected chi connectivity index (χ1v) is 3.36. The lowest BCUT2D eigenvalue weighted by molar-refractivity contribution is 0.603. The van der Waals surface area contributed by atoms with Crippen LogP contribution in [0.5, 0.6) is 0 Å². The van der Waals surface area contributed by atoms with Gasteiger partial charge in [0.25, 0.3) is 0 Å². The molecule has 0 N–H and O–H groups in total. The van der Waals surface area contributed by atoms with Crippen molar-refractivity contribution in [3.8, 4) is 0 Å². The Morgan fingerprint density at radius 2 is 1.73 bits per heavy atom. The molecule has 0 bridgehead atoms. The van der Waals surface area contributed by atoms with Crippen LogP contribution in [-0.4, -0.2) is 0 Å². The molecule has 0 heterocycles. The maximum Gasteiger partial charge on any atom is 0.119 e. The monoisotopic (exact) mass is 158 g/mol. The lowest BCUT2D eigenvalue weighted by Gasteiger charge is -2.06. The summed E-state index contributed by atoms with van der Waals surface area (Å²) in [5.41, 5.74) is 0.262. The van der Waals surface area contributed by atoms with E-state index in [1.807, 2.05) is 0 Å². The topological polar surface area (TPSA) is 0 Å². The number of hydrogen-bond donors (Lipinski definition) is 0. The van der Waals surface area contributed by atoms with Crippen LogP contribution in [0.2, 0.25) is 0 Å². The quantitative estimate of drug-likeness (QED) is 0.551. The van der Waals surface area contributed by atoms with Crippen molar-refractivity contribution in [1.82, 2.24) is 0 Å². The Kier molecular flexibility index (Phi) is 3.72. The summed E-state index contributed by atoms with van der Waals surface area (Å²) in [6.07, 6.45) is 1.06. The first kappa shape index (κ1) is 10.1. The van der Waals surface area contributed by atoms with Gasteiger partial charge in [-0.25, -0.2) is 8.78 Å². The van der Waals surface area contributed by atoms with Gasteiger partial charge in [-0.15, -0.1) is 0 Å². The molecule has 0 aliphatic heterocycles. The van der Waals surface area contributed by atoms with E-state index in [2.05, 4.69) is 13.2 Å². The van der Waals surface area contributed by atoms with Crippen molar-refractivity contribution in [3.63, 3.8) is 0 Å². The minimum atomic E-state index is -0.646. The summed E-state index contributed by atoms with van der Waals surface area (Å²) in [5.74, 6) is -1.31. The maximum absolute atomic E-state index is 12.5. The average molecular weight is 158 g/mol. The second-order valence-electron chi connectivity index (χ2n) is 2.61. The van der Waals surface area contributed by atoms with Gasteiger partial charge in [-0.1, -0.05) is 27.0 Å². The van der Waals surface area contributed by atoms with Crippen LogP contribution in [0.4, 0.5) is 8.78 Å². The fourth-order valence-corrected chi connectivity index (χ4v) is 0.727. The van der Waals surface area contributed by atoms with E-state index in [1.54, 1.807) is 13.8 Å². The van der Waals surface area contributed by atoms with Crippen LogP contribution in [-0.2, 0) is 0 Å². The minimum Gasteiger partial charge on any atom is -0.208 e. The largest absolute Gasteiger partial charge is 0.208 e. The molecule has 0 fully saturated rings. The third-order valence-corrected chi connectivity index (χ3v) is 1.25. The van der Waals surface area contributed by atoms with Crippen molar-refractivity contribution in [1.29, 1.82) is 0 Å². The smallest absolute Gasteiger partial charge is 0.119 e. The highest BCUT2D eigenvalue weighted by molar-refractivity contribution is 5.29. The number of allylic oxidation sites excluding steroid dienone is 4. The van der Waals surface area contributed by atoms with Gasteiger partial charge in [-0.2, -0.15) is 0 Å². The molecule has 0 nitrogen and oxygen atoms in total. The molecule has 0 amide bonds. The summed E-state index contributed by atoms with van der Waals surface area (Å²) in [6, 6.07) is 0. The molecular weight excluding hydrogens is 146 g/mol. The van der Waals surface area contributed by atoms with Crippen LogP contribution in [0.25, 0.3) is 0 Å². The van der Waals surface area contributed by atoms with Gasteiger partial charge in [0, 0.05) is 0 Å². The SMILES string of the molecule is C=C(F)/C=C(\C(=C)F)C(C)C. The highest BCUT2D eigenvalue weighted by Gasteiger charge is 2.06. The second-order valence-corrected chi connectivity index (χ2v) is 2.61. The Morgan fingerprint density at radius 1 is 1.27 bits per heavy atom. The fourth-order valence-electron chi connectivity index (χ4n) is 0.727. The highest BCUT2D eigenvalue weighted by atomic mass is 19.1. The molecule has 0 aromatic heterocycles. The van der Waals surface area contributed by atoms with Crippen LogP contribution in [0, 0.1) is 5.92 Å². The average Bonchev–Trinajstić information content (AvgIpc) is 1.81. The molecule has 0 saturated heterocycles. The Labute approximate surface area is 65.9 Å². The number of hydrogen-bond acceptors (Lipinski definition) is 0. The third-order valence-electron chi connectivity index (χ3n) is 1.25. The second kappa shape index (κ2) is 4.06. The lowest BCUT2D eigenvalue weighted by atomic mass is 10.0. The summed E-state index contributed by atoms with van der Waals surface area (Å²) in [6.45, 7) is 9.62. The third kappa shape index (κ3) is 3.71. The van der Waals surface area contributed by atoms with E-state index in [1.165, 1.54) is 0 Å². The highest BCUT2D eigenvalue weighted by Crippen LogP contribution is 2.20. The van der Waals surface area contributed by atoms with E-state index < -0.39 is 11.7 Å². The molecule has 2 heteroatoms. The molecule has 0 radical (unpaired) electrons. The molecule has 0 rings (SSSR count). The molecular formula is C9H12F2. The van der Waals surface area contributed by atoms with E-state index in [4.69, 9.17) is 0 Å². The molecule has 62 valence electrons. The van der Waals surface area contributed by atoms with Gasteiger partial charge in [-0.05, 0) is 17.6 Å². The molecule has 0 unspecified atom stereocenters. The van der Waals surface area contributed by atoms with Crippen LogP contribution in [0.1, 0.15) is 13.8 Å². The molecule has 0 atom stereocenters. The van der Waals surface area contributed by atoms with Gasteiger partial charge < -0.3 is 0 Å². The normalized spacial score (nSPS) is 11.9. The molecule has 0 aromatic carbocycles. The van der Waals surface area contributed by atoms with E-state index >= 15 is 0 Å². The van der Waals surface area contributed by atoms with Crippen molar-refractivity contribution < 1.29 is 8.78 Å². The molecule has 11 heavy (non-hydrogen) atoms. The Morgan fingerprint density at radius 3 is 1.82 bits per heavy atom. The Bertz CT molecular complexity index is 200. The molecule has 0 spiro atoms. The summed E-state index contributed by atoms with van der Waals surface area (Å²) >= 11 is 0. The summed E-state index contributed by atoms with van der Waals surface area (Å²) in [5, 5.41) is 0. The van der Waals surface area contributed by atoms with E-state index in [0.717, 1.165) is 6.08 Å². The zero-order valence-electron chi connectivity index (χ0n) is 6.82. The molecule has 0 aliphatic rings. The van der Waals surface area contributed by atoms with Crippen LogP contribution in [0.3, 0.4) is 0 Å². The standard InChI is InChI=1S/C9H12F2/c1-6(2)9(8(4)11)5-7(3)10/h5-6H,3-4H2,1-2H3/b9-5-. The van der Waals surface area contributed by atoms with Gasteiger partial charge in [0.15, 0.2) is 0 Å². The van der Waals surface area contributed by atoms with Crippen LogP contribution in [0.15, 0.2) is 36.5 Å². The predicted molar refractivity (Wildman–Crippen MR) is 43.4 cm³/mol. The fraction of sp³-hybridized carbons (Fsp3) is 0.333. The number of rotatable bonds is 3. The van der Waals surface area contributed by atoms with Gasteiger partial charge in [0.2, 0.25) is 0 Å². The van der Waals surface area contributed by atoms with E-state index in [-0.39, 0.29) is 11.5 Å². The van der Waals surface area contributed by atoms with Crippen molar-refractivity contribution in [2.45, 2.75) is 13.8 Å². The van der Waals surface area contributed by atoms with Crippen LogP contribution >= 0.6 is 0 Å². The van der Waals surface area contributed by atoms with Crippen molar-refractivity contribution in [2.75, 3.05) is 0 Å². The molecule has 0 saturated carbocycles. The first-order valence-electron chi connectivity index (χ1n) is 3.36. The zero-order valence-corrected chi connectivity index (χ0v) is 6.82. The first-order chi connectivity index (χ1) is 4.95. The lowest BCUT2D eigenvalue weighted by Crippen LogP contribution is -1.93. The Hall–Kier alpha value is -0.920. The van der Waals surface area contributed by atoms with Gasteiger partial charge in [-0.3, -0.25) is 0 Å². The summed E-state index contributed by atoms with van der Waals surface area (Å²) < 4.78 is 24.7. The van der Waals surface area contributed by atoms with E-state index in [9.17, 15) is 8.78 Å². The van der Waals surface area contributed by atoms with Gasteiger partial charge in [0.05, 0.1) is 0 Å². The van der Waals surface area contributed by atoms with Gasteiger partial charge >= 0.3 is 0 Å².